The van der Waals surface area contributed by atoms with Crippen molar-refractivity contribution in [1.29, 1.82) is 0 Å². The van der Waals surface area contributed by atoms with Crippen LogP contribution in [0, 0.1) is 6.92 Å². The molecule has 7 heteroatoms. The maximum Gasteiger partial charge on any atom is 0.267 e. The number of hydrogen-bond acceptors (Lipinski definition) is 6. The van der Waals surface area contributed by atoms with Gasteiger partial charge < -0.3 is 4.90 Å². The van der Waals surface area contributed by atoms with Crippen molar-refractivity contribution in [3.63, 3.8) is 0 Å². The summed E-state index contributed by atoms with van der Waals surface area (Å²) >= 11 is 2.95. The molecule has 1 aliphatic rings. The third-order valence-corrected chi connectivity index (χ3v) is 5.61. The molecule has 1 saturated heterocycles. The molecule has 1 aliphatic heterocycles. The van der Waals surface area contributed by atoms with Crippen LogP contribution in [0.4, 0.5) is 0 Å². The van der Waals surface area contributed by atoms with E-state index >= 15 is 0 Å². The minimum atomic E-state index is 0.0832. The highest BCUT2D eigenvalue weighted by atomic mass is 32.1. The van der Waals surface area contributed by atoms with Gasteiger partial charge in [-0.2, -0.15) is 0 Å². The topological polar surface area (TPSA) is 59.0 Å². The molecule has 0 aliphatic carbocycles. The van der Waals surface area contributed by atoms with Crippen molar-refractivity contribution in [3.8, 4) is 0 Å². The molecule has 0 aromatic carbocycles. The SMILES string of the molecule is CCc1nnsc1C(=O)N1CCC[C@H](c2ncc(C)s2)C1. The first-order chi connectivity index (χ1) is 10.2. The number of carbonyl (C=O) groups is 1. The van der Waals surface area contributed by atoms with Gasteiger partial charge in [-0.15, -0.1) is 16.4 Å². The van der Waals surface area contributed by atoms with E-state index in [1.54, 1.807) is 11.3 Å². The number of amides is 1. The average Bonchev–Trinajstić information content (AvgIpc) is 3.15. The summed E-state index contributed by atoms with van der Waals surface area (Å²) in [5, 5.41) is 5.20. The molecule has 0 radical (unpaired) electrons. The largest absolute Gasteiger partial charge is 0.337 e. The summed E-state index contributed by atoms with van der Waals surface area (Å²) in [6.07, 6.45) is 4.81. The standard InChI is InChI=1S/C14H18N4OS2/c1-3-11-12(21-17-16-11)14(19)18-6-4-5-10(8-18)13-15-7-9(2)20-13/h7,10H,3-6,8H2,1-2H3/t10-/m0/s1. The van der Waals surface area contributed by atoms with Crippen LogP contribution in [0.3, 0.4) is 0 Å². The van der Waals surface area contributed by atoms with Gasteiger partial charge >= 0.3 is 0 Å². The molecule has 3 heterocycles. The van der Waals surface area contributed by atoms with Crippen molar-refractivity contribution in [2.24, 2.45) is 0 Å². The Bertz CT molecular complexity index is 636. The molecule has 21 heavy (non-hydrogen) atoms. The third-order valence-electron chi connectivity index (χ3n) is 3.78. The second kappa shape index (κ2) is 6.19. The van der Waals surface area contributed by atoms with Crippen LogP contribution in [0.1, 0.15) is 50.9 Å². The number of thiazole rings is 1. The lowest BCUT2D eigenvalue weighted by Gasteiger charge is -2.31. The number of hydrogen-bond donors (Lipinski definition) is 0. The van der Waals surface area contributed by atoms with Crippen molar-refractivity contribution >= 4 is 28.8 Å². The van der Waals surface area contributed by atoms with Crippen molar-refractivity contribution in [1.82, 2.24) is 19.5 Å². The van der Waals surface area contributed by atoms with Gasteiger partial charge in [0.1, 0.15) is 4.88 Å². The van der Waals surface area contributed by atoms with E-state index < -0.39 is 0 Å². The van der Waals surface area contributed by atoms with E-state index in [0.717, 1.165) is 43.1 Å². The van der Waals surface area contributed by atoms with Crippen LogP contribution in [-0.4, -0.2) is 38.5 Å². The fourth-order valence-electron chi connectivity index (χ4n) is 2.67. The minimum absolute atomic E-state index is 0.0832. The third kappa shape index (κ3) is 2.98. The maximum atomic E-state index is 12.7. The highest BCUT2D eigenvalue weighted by molar-refractivity contribution is 7.11. The van der Waals surface area contributed by atoms with Crippen LogP contribution in [-0.2, 0) is 6.42 Å². The molecule has 112 valence electrons. The van der Waals surface area contributed by atoms with Crippen LogP contribution >= 0.6 is 22.9 Å². The Kier molecular flexibility index (Phi) is 4.30. The zero-order valence-electron chi connectivity index (χ0n) is 12.2. The minimum Gasteiger partial charge on any atom is -0.337 e. The molecule has 1 amide bonds. The first kappa shape index (κ1) is 14.6. The van der Waals surface area contributed by atoms with E-state index in [-0.39, 0.29) is 5.91 Å². The van der Waals surface area contributed by atoms with Gasteiger partial charge in [-0.25, -0.2) is 4.98 Å². The number of carbonyl (C=O) groups excluding carboxylic acids is 1. The number of piperidine rings is 1. The Morgan fingerprint density at radius 3 is 3.10 bits per heavy atom. The molecule has 1 atom stereocenters. The zero-order chi connectivity index (χ0) is 14.8. The van der Waals surface area contributed by atoms with E-state index in [9.17, 15) is 4.79 Å². The summed E-state index contributed by atoms with van der Waals surface area (Å²) in [5.41, 5.74) is 0.817. The number of rotatable bonds is 3. The Morgan fingerprint density at radius 1 is 1.52 bits per heavy atom. The van der Waals surface area contributed by atoms with Gasteiger partial charge in [0.2, 0.25) is 0 Å². The summed E-state index contributed by atoms with van der Waals surface area (Å²) in [6.45, 7) is 5.65. The first-order valence-corrected chi connectivity index (χ1v) is 8.80. The monoisotopic (exact) mass is 322 g/mol. The lowest BCUT2D eigenvalue weighted by Crippen LogP contribution is -2.39. The summed E-state index contributed by atoms with van der Waals surface area (Å²) < 4.78 is 3.92. The van der Waals surface area contributed by atoms with Crippen LogP contribution in [0.25, 0.3) is 0 Å². The van der Waals surface area contributed by atoms with E-state index in [1.165, 1.54) is 16.4 Å². The molecule has 2 aromatic heterocycles. The van der Waals surface area contributed by atoms with Gasteiger partial charge in [0.25, 0.3) is 5.91 Å². The molecule has 0 saturated carbocycles. The van der Waals surface area contributed by atoms with Gasteiger partial charge in [-0.1, -0.05) is 11.4 Å². The van der Waals surface area contributed by atoms with Crippen molar-refractivity contribution in [3.05, 3.63) is 26.7 Å². The lowest BCUT2D eigenvalue weighted by atomic mass is 9.98. The highest BCUT2D eigenvalue weighted by Crippen LogP contribution is 2.30. The normalized spacial score (nSPS) is 19.0. The quantitative estimate of drug-likeness (QED) is 0.872. The molecule has 1 fully saturated rings. The Balaban J connectivity index is 1.75. The predicted molar refractivity (Wildman–Crippen MR) is 84.0 cm³/mol. The molecule has 0 bridgehead atoms. The fraction of sp³-hybridized carbons (Fsp3) is 0.571. The number of aromatic nitrogens is 3. The van der Waals surface area contributed by atoms with Gasteiger partial charge in [0.15, 0.2) is 0 Å². The van der Waals surface area contributed by atoms with Crippen LogP contribution < -0.4 is 0 Å². The number of aryl methyl sites for hydroxylation is 2. The molecular formula is C14H18N4OS2. The van der Waals surface area contributed by atoms with E-state index in [1.807, 2.05) is 18.0 Å². The zero-order valence-corrected chi connectivity index (χ0v) is 13.8. The average molecular weight is 322 g/mol. The molecule has 0 spiro atoms. The Hall–Kier alpha value is -1.34. The van der Waals surface area contributed by atoms with Crippen molar-refractivity contribution in [2.75, 3.05) is 13.1 Å². The molecule has 2 aromatic rings. The van der Waals surface area contributed by atoms with E-state index in [2.05, 4.69) is 21.5 Å². The maximum absolute atomic E-state index is 12.7. The van der Waals surface area contributed by atoms with Crippen LogP contribution in [0.2, 0.25) is 0 Å². The second-order valence-corrected chi connectivity index (χ2v) is 7.32. The summed E-state index contributed by atoms with van der Waals surface area (Å²) in [4.78, 5) is 21.0. The van der Waals surface area contributed by atoms with Crippen molar-refractivity contribution in [2.45, 2.75) is 39.0 Å². The van der Waals surface area contributed by atoms with Crippen molar-refractivity contribution < 1.29 is 4.79 Å². The Morgan fingerprint density at radius 2 is 2.38 bits per heavy atom. The fourth-order valence-corrected chi connectivity index (χ4v) is 4.29. The van der Waals surface area contributed by atoms with Gasteiger partial charge in [-0.3, -0.25) is 4.79 Å². The van der Waals surface area contributed by atoms with Crippen LogP contribution in [0.5, 0.6) is 0 Å². The van der Waals surface area contributed by atoms with Crippen LogP contribution in [0.15, 0.2) is 6.20 Å². The molecule has 0 N–H and O–H groups in total. The molecule has 0 unspecified atom stereocenters. The molecule has 3 rings (SSSR count). The van der Waals surface area contributed by atoms with Gasteiger partial charge in [-0.05, 0) is 37.7 Å². The Labute approximate surface area is 132 Å². The summed E-state index contributed by atoms with van der Waals surface area (Å²) in [6, 6.07) is 0. The first-order valence-electron chi connectivity index (χ1n) is 7.22. The molecular weight excluding hydrogens is 304 g/mol. The smallest absolute Gasteiger partial charge is 0.267 e. The van der Waals surface area contributed by atoms with Gasteiger partial charge in [0, 0.05) is 30.1 Å². The number of nitrogens with zero attached hydrogens (tertiary/aromatic N) is 4. The number of likely N-dealkylation sites (tertiary alicyclic amines) is 1. The molecule has 5 nitrogen and oxygen atoms in total. The van der Waals surface area contributed by atoms with E-state index in [0.29, 0.717) is 10.8 Å². The summed E-state index contributed by atoms with van der Waals surface area (Å²) in [7, 11) is 0. The lowest BCUT2D eigenvalue weighted by molar-refractivity contribution is 0.0710. The summed E-state index contributed by atoms with van der Waals surface area (Å²) in [5.74, 6) is 0.451. The van der Waals surface area contributed by atoms with E-state index in [4.69, 9.17) is 0 Å². The van der Waals surface area contributed by atoms with Gasteiger partial charge in [0.05, 0.1) is 10.7 Å². The second-order valence-electron chi connectivity index (χ2n) is 5.30. The highest BCUT2D eigenvalue weighted by Gasteiger charge is 2.29. The predicted octanol–water partition coefficient (Wildman–Crippen LogP) is 2.89.